The third-order valence-corrected chi connectivity index (χ3v) is 5.22. The number of nitrogens with one attached hydrogen (secondary N) is 1. The maximum atomic E-state index is 11.7. The molecule has 1 aromatic heterocycles. The Balaban J connectivity index is 1.78. The zero-order valence-corrected chi connectivity index (χ0v) is 12.9. The van der Waals surface area contributed by atoms with Crippen LogP contribution in [0, 0.1) is 0 Å². The van der Waals surface area contributed by atoms with E-state index in [0.29, 0.717) is 6.04 Å². The van der Waals surface area contributed by atoms with Gasteiger partial charge in [0.1, 0.15) is 0 Å². The van der Waals surface area contributed by atoms with E-state index < -0.39 is 0 Å². The Morgan fingerprint density at radius 3 is 2.90 bits per heavy atom. The van der Waals surface area contributed by atoms with Crippen molar-refractivity contribution in [3.05, 3.63) is 33.4 Å². The van der Waals surface area contributed by atoms with Gasteiger partial charge in [-0.1, -0.05) is 17.4 Å². The fourth-order valence-corrected chi connectivity index (χ4v) is 3.88. The van der Waals surface area contributed by atoms with E-state index in [1.165, 1.54) is 29.7 Å². The summed E-state index contributed by atoms with van der Waals surface area (Å²) in [6.45, 7) is 3.19. The standard InChI is InChI=1S/C15H21N3OS/c1-17(12-5-7-16-8-6-12)10-11-3-4-13-14(9-11)20-15(19)18(13)2/h3-4,9,12,16H,5-8,10H2,1-2H3. The molecule has 0 aliphatic carbocycles. The quantitative estimate of drug-likeness (QED) is 0.937. The first-order valence-electron chi connectivity index (χ1n) is 7.14. The Morgan fingerprint density at radius 1 is 1.40 bits per heavy atom. The number of rotatable bonds is 3. The molecule has 1 aliphatic rings. The Kier molecular flexibility index (Phi) is 3.92. The van der Waals surface area contributed by atoms with E-state index in [1.54, 1.807) is 4.57 Å². The van der Waals surface area contributed by atoms with Crippen molar-refractivity contribution in [3.8, 4) is 0 Å². The first-order chi connectivity index (χ1) is 9.65. The van der Waals surface area contributed by atoms with Crippen LogP contribution < -0.4 is 10.2 Å². The van der Waals surface area contributed by atoms with Crippen LogP contribution in [0.25, 0.3) is 10.2 Å². The van der Waals surface area contributed by atoms with Gasteiger partial charge in [0.15, 0.2) is 0 Å². The number of piperidine rings is 1. The molecular formula is C15H21N3OS. The number of aromatic nitrogens is 1. The number of benzene rings is 1. The summed E-state index contributed by atoms with van der Waals surface area (Å²) in [5, 5.41) is 3.40. The van der Waals surface area contributed by atoms with Gasteiger partial charge in [-0.15, -0.1) is 0 Å². The van der Waals surface area contributed by atoms with Crippen molar-refractivity contribution in [2.24, 2.45) is 7.05 Å². The van der Waals surface area contributed by atoms with Crippen molar-refractivity contribution in [2.75, 3.05) is 20.1 Å². The van der Waals surface area contributed by atoms with Crippen LogP contribution in [0.2, 0.25) is 0 Å². The molecule has 0 saturated carbocycles. The Morgan fingerprint density at radius 2 is 2.15 bits per heavy atom. The molecular weight excluding hydrogens is 270 g/mol. The number of thiazole rings is 1. The highest BCUT2D eigenvalue weighted by Gasteiger charge is 2.17. The summed E-state index contributed by atoms with van der Waals surface area (Å²) in [7, 11) is 4.04. The van der Waals surface area contributed by atoms with Crippen LogP contribution in [-0.4, -0.2) is 35.6 Å². The van der Waals surface area contributed by atoms with E-state index >= 15 is 0 Å². The largest absolute Gasteiger partial charge is 0.317 e. The lowest BCUT2D eigenvalue weighted by atomic mass is 10.0. The third-order valence-electron chi connectivity index (χ3n) is 4.22. The molecule has 108 valence electrons. The molecule has 5 heteroatoms. The smallest absolute Gasteiger partial charge is 0.307 e. The van der Waals surface area contributed by atoms with E-state index in [2.05, 4.69) is 35.5 Å². The highest BCUT2D eigenvalue weighted by atomic mass is 32.1. The van der Waals surface area contributed by atoms with Gasteiger partial charge in [-0.25, -0.2) is 0 Å². The SMILES string of the molecule is CN(Cc1ccc2c(c1)sc(=O)n2C)C1CCNCC1. The molecule has 0 unspecified atom stereocenters. The molecule has 2 aromatic rings. The second-order valence-corrected chi connectivity index (χ2v) is 6.62. The minimum atomic E-state index is 0.115. The molecule has 0 radical (unpaired) electrons. The molecule has 0 amide bonds. The summed E-state index contributed by atoms with van der Waals surface area (Å²) in [6.07, 6.45) is 2.44. The second-order valence-electron chi connectivity index (χ2n) is 5.63. The van der Waals surface area contributed by atoms with Gasteiger partial charge >= 0.3 is 4.87 Å². The molecule has 1 saturated heterocycles. The van der Waals surface area contributed by atoms with Gasteiger partial charge in [0.25, 0.3) is 0 Å². The molecule has 0 atom stereocenters. The van der Waals surface area contributed by atoms with E-state index in [0.717, 1.165) is 29.9 Å². The fraction of sp³-hybridized carbons (Fsp3) is 0.533. The summed E-state index contributed by atoms with van der Waals surface area (Å²) in [4.78, 5) is 14.2. The van der Waals surface area contributed by atoms with Crippen molar-refractivity contribution in [1.29, 1.82) is 0 Å². The molecule has 2 heterocycles. The van der Waals surface area contributed by atoms with E-state index in [1.807, 2.05) is 7.05 Å². The van der Waals surface area contributed by atoms with Crippen LogP contribution in [-0.2, 0) is 13.6 Å². The summed E-state index contributed by atoms with van der Waals surface area (Å²) in [5.74, 6) is 0. The molecule has 4 nitrogen and oxygen atoms in total. The summed E-state index contributed by atoms with van der Waals surface area (Å²) >= 11 is 1.33. The topological polar surface area (TPSA) is 37.3 Å². The number of nitrogens with zero attached hydrogens (tertiary/aromatic N) is 2. The van der Waals surface area contributed by atoms with Crippen LogP contribution >= 0.6 is 11.3 Å². The summed E-state index contributed by atoms with van der Waals surface area (Å²) < 4.78 is 2.81. The lowest BCUT2D eigenvalue weighted by molar-refractivity contribution is 0.192. The maximum Gasteiger partial charge on any atom is 0.307 e. The molecule has 1 aromatic carbocycles. The first-order valence-corrected chi connectivity index (χ1v) is 7.96. The molecule has 3 rings (SSSR count). The van der Waals surface area contributed by atoms with E-state index in [-0.39, 0.29) is 4.87 Å². The predicted octanol–water partition coefficient (Wildman–Crippen LogP) is 1.78. The van der Waals surface area contributed by atoms with E-state index in [4.69, 9.17) is 0 Å². The van der Waals surface area contributed by atoms with Crippen LogP contribution in [0.5, 0.6) is 0 Å². The number of fused-ring (bicyclic) bond motifs is 1. The van der Waals surface area contributed by atoms with Crippen molar-refractivity contribution < 1.29 is 0 Å². The minimum absolute atomic E-state index is 0.115. The van der Waals surface area contributed by atoms with Crippen LogP contribution in [0.15, 0.2) is 23.0 Å². The van der Waals surface area contributed by atoms with Gasteiger partial charge in [0, 0.05) is 19.6 Å². The fourth-order valence-electron chi connectivity index (χ4n) is 2.94. The predicted molar refractivity (Wildman–Crippen MR) is 84.4 cm³/mol. The van der Waals surface area contributed by atoms with Gasteiger partial charge in [0.05, 0.1) is 10.2 Å². The molecule has 1 fully saturated rings. The molecule has 1 N–H and O–H groups in total. The Labute approximate surface area is 123 Å². The van der Waals surface area contributed by atoms with Crippen molar-refractivity contribution in [1.82, 2.24) is 14.8 Å². The highest BCUT2D eigenvalue weighted by molar-refractivity contribution is 7.16. The molecule has 20 heavy (non-hydrogen) atoms. The number of hydrogen-bond acceptors (Lipinski definition) is 4. The van der Waals surface area contributed by atoms with Gasteiger partial charge in [-0.05, 0) is 50.7 Å². The lowest BCUT2D eigenvalue weighted by Gasteiger charge is -2.31. The maximum absolute atomic E-state index is 11.7. The Hall–Kier alpha value is -1.17. The molecule has 0 spiro atoms. The normalized spacial score (nSPS) is 17.1. The van der Waals surface area contributed by atoms with Crippen LogP contribution in [0.1, 0.15) is 18.4 Å². The van der Waals surface area contributed by atoms with Gasteiger partial charge in [-0.3, -0.25) is 9.69 Å². The molecule has 1 aliphatic heterocycles. The summed E-state index contributed by atoms with van der Waals surface area (Å²) in [5.41, 5.74) is 2.33. The van der Waals surface area contributed by atoms with Crippen molar-refractivity contribution in [3.63, 3.8) is 0 Å². The monoisotopic (exact) mass is 291 g/mol. The van der Waals surface area contributed by atoms with Gasteiger partial charge in [-0.2, -0.15) is 0 Å². The average molecular weight is 291 g/mol. The van der Waals surface area contributed by atoms with Gasteiger partial charge in [0.2, 0.25) is 0 Å². The zero-order valence-electron chi connectivity index (χ0n) is 12.1. The first kappa shape index (κ1) is 13.8. The van der Waals surface area contributed by atoms with Crippen LogP contribution in [0.3, 0.4) is 0 Å². The zero-order chi connectivity index (χ0) is 14.1. The van der Waals surface area contributed by atoms with Gasteiger partial charge < -0.3 is 9.88 Å². The molecule has 0 bridgehead atoms. The van der Waals surface area contributed by atoms with Crippen molar-refractivity contribution >= 4 is 21.6 Å². The average Bonchev–Trinajstić information content (AvgIpc) is 2.74. The van der Waals surface area contributed by atoms with Crippen molar-refractivity contribution in [2.45, 2.75) is 25.4 Å². The highest BCUT2D eigenvalue weighted by Crippen LogP contribution is 2.20. The second kappa shape index (κ2) is 5.68. The van der Waals surface area contributed by atoms with Crippen LogP contribution in [0.4, 0.5) is 0 Å². The summed E-state index contributed by atoms with van der Waals surface area (Å²) in [6, 6.07) is 7.05. The third kappa shape index (κ3) is 2.66. The van der Waals surface area contributed by atoms with E-state index in [9.17, 15) is 4.79 Å². The lowest BCUT2D eigenvalue weighted by Crippen LogP contribution is -2.40. The number of aryl methyl sites for hydroxylation is 1. The number of hydrogen-bond donors (Lipinski definition) is 1. The Bertz CT molecular complexity index is 655. The minimum Gasteiger partial charge on any atom is -0.317 e.